The van der Waals surface area contributed by atoms with E-state index in [1.54, 1.807) is 25.1 Å². The van der Waals surface area contributed by atoms with Gasteiger partial charge in [0.25, 0.3) is 23.6 Å². The van der Waals surface area contributed by atoms with Crippen LogP contribution < -0.4 is 25.6 Å². The smallest absolute Gasteiger partial charge is 0.266 e. The lowest BCUT2D eigenvalue weighted by Gasteiger charge is -2.27. The third-order valence-corrected chi connectivity index (χ3v) is 10.2. The van der Waals surface area contributed by atoms with Crippen LogP contribution in [0.2, 0.25) is 0 Å². The van der Waals surface area contributed by atoms with E-state index in [0.717, 1.165) is 11.3 Å². The van der Waals surface area contributed by atoms with Crippen molar-refractivity contribution in [2.45, 2.75) is 45.1 Å². The van der Waals surface area contributed by atoms with Crippen LogP contribution in [0.1, 0.15) is 68.7 Å². The van der Waals surface area contributed by atoms with Gasteiger partial charge in [-0.3, -0.25) is 48.6 Å². The summed E-state index contributed by atoms with van der Waals surface area (Å²) in [5.41, 5.74) is 1.59. The molecule has 7 rings (SSSR count). The van der Waals surface area contributed by atoms with Crippen molar-refractivity contribution in [3.05, 3.63) is 70.8 Å². The SMILES string of the molecule is Cc1cc(C(=O)NCCCCNC(=O)COc2cccc3c2C(=O)N(C2CCC(=O)NC2=O)C3=O)ccc1N1C(=O)[C@@H]2[C@H](C1=O)[C@@H]1C=C[C@H]2C1. The Bertz CT molecular complexity index is 1870. The molecule has 14 nitrogen and oxygen atoms in total. The van der Waals surface area contributed by atoms with Crippen LogP contribution in [-0.4, -0.2) is 77.9 Å². The number of nitrogens with zero attached hydrogens (tertiary/aromatic N) is 2. The van der Waals surface area contributed by atoms with Gasteiger partial charge in [0, 0.05) is 25.1 Å². The van der Waals surface area contributed by atoms with Gasteiger partial charge in [-0.1, -0.05) is 18.2 Å². The molecule has 5 atom stereocenters. The van der Waals surface area contributed by atoms with Gasteiger partial charge in [-0.25, -0.2) is 4.90 Å². The van der Waals surface area contributed by atoms with Gasteiger partial charge in [-0.2, -0.15) is 0 Å². The van der Waals surface area contributed by atoms with Crippen LogP contribution in [0.3, 0.4) is 0 Å². The fourth-order valence-corrected chi connectivity index (χ4v) is 7.77. The van der Waals surface area contributed by atoms with E-state index in [1.807, 2.05) is 0 Å². The van der Waals surface area contributed by atoms with Gasteiger partial charge in [0.2, 0.25) is 23.6 Å². The van der Waals surface area contributed by atoms with Crippen molar-refractivity contribution in [3.8, 4) is 5.75 Å². The Morgan fingerprint density at radius 2 is 1.60 bits per heavy atom. The first-order valence-corrected chi connectivity index (χ1v) is 16.7. The molecule has 2 aliphatic carbocycles. The number of aryl methyl sites for hydroxylation is 1. The van der Waals surface area contributed by atoms with Gasteiger partial charge in [-0.15, -0.1) is 0 Å². The van der Waals surface area contributed by atoms with E-state index >= 15 is 0 Å². The zero-order chi connectivity index (χ0) is 35.3. The molecule has 2 aromatic rings. The van der Waals surface area contributed by atoms with Crippen LogP contribution in [0.5, 0.6) is 5.75 Å². The lowest BCUT2D eigenvalue weighted by molar-refractivity contribution is -0.136. The molecule has 5 aliphatic rings. The quantitative estimate of drug-likeness (QED) is 0.179. The summed E-state index contributed by atoms with van der Waals surface area (Å²) in [7, 11) is 0. The van der Waals surface area contributed by atoms with Crippen LogP contribution in [0.25, 0.3) is 0 Å². The van der Waals surface area contributed by atoms with E-state index in [-0.39, 0.29) is 71.1 Å². The molecule has 2 bridgehead atoms. The Hall–Kier alpha value is -5.66. The maximum absolute atomic E-state index is 13.2. The average molecular weight is 682 g/mol. The lowest BCUT2D eigenvalue weighted by atomic mass is 9.85. The Balaban J connectivity index is 0.841. The summed E-state index contributed by atoms with van der Waals surface area (Å²) in [6, 6.07) is 8.22. The maximum Gasteiger partial charge on any atom is 0.266 e. The lowest BCUT2D eigenvalue weighted by Crippen LogP contribution is -2.54. The van der Waals surface area contributed by atoms with Crippen molar-refractivity contribution >= 4 is 52.9 Å². The number of imide groups is 3. The number of fused-ring (bicyclic) bond motifs is 6. The van der Waals surface area contributed by atoms with E-state index in [0.29, 0.717) is 42.7 Å². The van der Waals surface area contributed by atoms with Crippen molar-refractivity contribution in [2.24, 2.45) is 23.7 Å². The summed E-state index contributed by atoms with van der Waals surface area (Å²) in [5.74, 6) is -3.98. The molecule has 3 N–H and O–H groups in total. The van der Waals surface area contributed by atoms with Crippen molar-refractivity contribution in [3.63, 3.8) is 0 Å². The molecule has 1 unspecified atom stereocenters. The summed E-state index contributed by atoms with van der Waals surface area (Å²) in [6.07, 6.45) is 6.11. The predicted octanol–water partition coefficient (Wildman–Crippen LogP) is 1.41. The molecule has 14 heteroatoms. The minimum Gasteiger partial charge on any atom is -0.483 e. The monoisotopic (exact) mass is 681 g/mol. The zero-order valence-corrected chi connectivity index (χ0v) is 27.2. The highest BCUT2D eigenvalue weighted by atomic mass is 16.5. The standard InChI is InChI=1S/C36H35N5O9/c1-18-15-21(9-10-23(18)40-34(47)28-19-7-8-20(16-19)29(28)35(40)48)31(44)38-14-3-2-13-37-27(43)17-50-25-6-4-5-22-30(25)36(49)41(33(22)46)24-11-12-26(42)39-32(24)45/h4-10,15,19-20,24,28-29H,2-3,11-14,16-17H2,1H3,(H,37,43)(H,38,44)(H,39,42,45)/t19-,20+,24?,28-,29+. The number of hydrogen-bond donors (Lipinski definition) is 3. The molecule has 3 fully saturated rings. The van der Waals surface area contributed by atoms with Gasteiger partial charge < -0.3 is 15.4 Å². The maximum atomic E-state index is 13.2. The van der Waals surface area contributed by atoms with E-state index in [9.17, 15) is 38.4 Å². The molecular formula is C36H35N5O9. The predicted molar refractivity (Wildman–Crippen MR) is 175 cm³/mol. The summed E-state index contributed by atoms with van der Waals surface area (Å²) in [6.45, 7) is 2.01. The number of hydrogen-bond acceptors (Lipinski definition) is 9. The first kappa shape index (κ1) is 32.9. The first-order valence-electron chi connectivity index (χ1n) is 16.7. The fourth-order valence-electron chi connectivity index (χ4n) is 7.77. The summed E-state index contributed by atoms with van der Waals surface area (Å²) >= 11 is 0. The molecule has 3 aliphatic heterocycles. The minimum absolute atomic E-state index is 0.000100. The molecular weight excluding hydrogens is 646 g/mol. The number of ether oxygens (including phenoxy) is 1. The second-order valence-electron chi connectivity index (χ2n) is 13.2. The Kier molecular flexibility index (Phi) is 8.54. The van der Waals surface area contributed by atoms with E-state index < -0.39 is 42.2 Å². The van der Waals surface area contributed by atoms with Crippen LogP contribution in [-0.2, 0) is 24.0 Å². The third-order valence-electron chi connectivity index (χ3n) is 10.2. The Morgan fingerprint density at radius 1 is 0.900 bits per heavy atom. The number of allylic oxidation sites excluding steroid dienone is 2. The summed E-state index contributed by atoms with van der Waals surface area (Å²) in [5, 5.41) is 7.71. The molecule has 1 saturated carbocycles. The first-order chi connectivity index (χ1) is 24.0. The normalized spacial score (nSPS) is 24.9. The number of benzene rings is 2. The van der Waals surface area contributed by atoms with Gasteiger partial charge in [0.15, 0.2) is 6.61 Å². The molecule has 3 heterocycles. The minimum atomic E-state index is -1.11. The Morgan fingerprint density at radius 3 is 2.28 bits per heavy atom. The van der Waals surface area contributed by atoms with E-state index in [4.69, 9.17) is 4.74 Å². The molecule has 0 aromatic heterocycles. The molecule has 0 radical (unpaired) electrons. The average Bonchev–Trinajstić information content (AvgIpc) is 3.84. The van der Waals surface area contributed by atoms with Crippen molar-refractivity contribution < 1.29 is 43.1 Å². The Labute approximate surface area is 286 Å². The molecule has 0 spiro atoms. The highest BCUT2D eigenvalue weighted by Gasteiger charge is 2.59. The molecule has 8 amide bonds. The number of nitrogens with one attached hydrogen (secondary N) is 3. The molecule has 258 valence electrons. The van der Waals surface area contributed by atoms with Crippen LogP contribution in [0.4, 0.5) is 5.69 Å². The molecule has 2 aromatic carbocycles. The number of carbonyl (C=O) groups excluding carboxylic acids is 8. The van der Waals surface area contributed by atoms with Crippen LogP contribution in [0.15, 0.2) is 48.6 Å². The van der Waals surface area contributed by atoms with Crippen molar-refractivity contribution in [1.82, 2.24) is 20.9 Å². The number of piperidine rings is 1. The highest BCUT2D eigenvalue weighted by molar-refractivity contribution is 6.25. The van der Waals surface area contributed by atoms with Gasteiger partial charge in [0.05, 0.1) is 28.7 Å². The van der Waals surface area contributed by atoms with E-state index in [2.05, 4.69) is 28.1 Å². The number of rotatable bonds is 11. The van der Waals surface area contributed by atoms with Crippen LogP contribution in [0, 0.1) is 30.6 Å². The number of carbonyl (C=O) groups is 8. The number of anilines is 1. The highest BCUT2D eigenvalue weighted by Crippen LogP contribution is 2.53. The van der Waals surface area contributed by atoms with E-state index in [1.165, 1.54) is 23.1 Å². The topological polar surface area (TPSA) is 188 Å². The summed E-state index contributed by atoms with van der Waals surface area (Å²) < 4.78 is 5.59. The number of unbranched alkanes of at least 4 members (excludes halogenated alkanes) is 1. The summed E-state index contributed by atoms with van der Waals surface area (Å²) in [4.78, 5) is 104. The second kappa shape index (κ2) is 13.0. The van der Waals surface area contributed by atoms with Gasteiger partial charge in [0.1, 0.15) is 11.8 Å². The largest absolute Gasteiger partial charge is 0.483 e. The fraction of sp³-hybridized carbons (Fsp3) is 0.389. The zero-order valence-electron chi connectivity index (χ0n) is 27.2. The van der Waals surface area contributed by atoms with Crippen molar-refractivity contribution in [2.75, 3.05) is 24.6 Å². The molecule has 2 saturated heterocycles. The van der Waals surface area contributed by atoms with Crippen molar-refractivity contribution in [1.29, 1.82) is 0 Å². The third kappa shape index (κ3) is 5.63. The number of amides is 8. The van der Waals surface area contributed by atoms with Gasteiger partial charge in [-0.05, 0) is 80.3 Å². The van der Waals surface area contributed by atoms with Gasteiger partial charge >= 0.3 is 0 Å². The molecule has 50 heavy (non-hydrogen) atoms. The van der Waals surface area contributed by atoms with Crippen LogP contribution >= 0.6 is 0 Å². The second-order valence-corrected chi connectivity index (χ2v) is 13.2.